The van der Waals surface area contributed by atoms with E-state index in [1.165, 1.54) is 0 Å². The lowest BCUT2D eigenvalue weighted by Crippen LogP contribution is -2.38. The third-order valence-electron chi connectivity index (χ3n) is 6.27. The van der Waals surface area contributed by atoms with Gasteiger partial charge in [-0.2, -0.15) is 8.78 Å². The number of hydrogen-bond acceptors (Lipinski definition) is 1. The van der Waals surface area contributed by atoms with E-state index in [2.05, 4.69) is 11.3 Å². The van der Waals surface area contributed by atoms with Crippen molar-refractivity contribution in [3.8, 4) is 5.75 Å². The number of alkyl halides is 2. The fourth-order valence-electron chi connectivity index (χ4n) is 4.61. The summed E-state index contributed by atoms with van der Waals surface area (Å²) in [5.41, 5.74) is 0. The number of hydrogen-bond donors (Lipinski definition) is 0. The molecule has 1 aromatic rings. The normalized spacial score (nSPS) is 29.4. The second-order valence-electron chi connectivity index (χ2n) is 7.89. The van der Waals surface area contributed by atoms with E-state index < -0.39 is 35.2 Å². The van der Waals surface area contributed by atoms with Crippen LogP contribution in [0.2, 0.25) is 0 Å². The molecule has 0 atom stereocenters. The van der Waals surface area contributed by atoms with Gasteiger partial charge in [0.2, 0.25) is 0 Å². The largest absolute Gasteiger partial charge is 0.432 e. The number of benzene rings is 1. The second-order valence-corrected chi connectivity index (χ2v) is 7.89. The van der Waals surface area contributed by atoms with Crippen molar-refractivity contribution in [2.24, 2.45) is 23.7 Å². The Morgan fingerprint density at radius 3 is 1.85 bits per heavy atom. The van der Waals surface area contributed by atoms with Crippen LogP contribution in [0.1, 0.15) is 54.2 Å². The van der Waals surface area contributed by atoms with Gasteiger partial charge in [-0.25, -0.2) is 13.2 Å². The Hall–Kier alpha value is -1.59. The van der Waals surface area contributed by atoms with Crippen LogP contribution in [0.15, 0.2) is 24.8 Å². The van der Waals surface area contributed by atoms with Crippen LogP contribution in [0.3, 0.4) is 0 Å². The highest BCUT2D eigenvalue weighted by atomic mass is 19.3. The number of rotatable bonds is 5. The topological polar surface area (TPSA) is 9.23 Å². The van der Waals surface area contributed by atoms with Gasteiger partial charge >= 0.3 is 6.11 Å². The van der Waals surface area contributed by atoms with Gasteiger partial charge in [0.15, 0.2) is 17.5 Å². The minimum atomic E-state index is -3.54. The minimum absolute atomic E-state index is 0. The number of ether oxygens (including phenoxy) is 1. The van der Waals surface area contributed by atoms with Crippen LogP contribution in [0.5, 0.6) is 5.75 Å². The Labute approximate surface area is 159 Å². The molecule has 2 fully saturated rings. The fraction of sp³-hybridized carbons (Fsp3) is 0.619. The average Bonchev–Trinajstić information content (AvgIpc) is 2.66. The van der Waals surface area contributed by atoms with Crippen LogP contribution in [0.4, 0.5) is 22.0 Å². The smallest absolute Gasteiger partial charge is 0.400 e. The first kappa shape index (κ1) is 20.2. The molecule has 0 saturated heterocycles. The third-order valence-corrected chi connectivity index (χ3v) is 6.27. The Morgan fingerprint density at radius 2 is 1.37 bits per heavy atom. The van der Waals surface area contributed by atoms with Gasteiger partial charge < -0.3 is 4.74 Å². The van der Waals surface area contributed by atoms with Gasteiger partial charge in [-0.15, -0.1) is 6.58 Å². The number of halogens is 5. The zero-order valence-electron chi connectivity index (χ0n) is 15.2. The van der Waals surface area contributed by atoms with Gasteiger partial charge in [-0.3, -0.25) is 0 Å². The summed E-state index contributed by atoms with van der Waals surface area (Å²) in [5.74, 6) is -4.88. The quantitative estimate of drug-likeness (QED) is 0.289. The molecule has 2 saturated carbocycles. The first-order chi connectivity index (χ1) is 12.8. The summed E-state index contributed by atoms with van der Waals surface area (Å²) in [5, 5.41) is 0. The molecule has 2 aliphatic rings. The number of allylic oxidation sites excluding steroid dienone is 1. The molecular weight excluding hydrogens is 363 g/mol. The molecule has 0 radical (unpaired) electrons. The van der Waals surface area contributed by atoms with Crippen molar-refractivity contribution in [1.82, 2.24) is 0 Å². The highest BCUT2D eigenvalue weighted by molar-refractivity contribution is 5.25. The molecule has 2 aliphatic carbocycles. The van der Waals surface area contributed by atoms with Gasteiger partial charge in [0.1, 0.15) is 5.75 Å². The highest BCUT2D eigenvalue weighted by Crippen LogP contribution is 2.45. The molecule has 0 heterocycles. The first-order valence-corrected chi connectivity index (χ1v) is 9.64. The van der Waals surface area contributed by atoms with E-state index in [-0.39, 0.29) is 2.85 Å². The summed E-state index contributed by atoms with van der Waals surface area (Å²) in [4.78, 5) is 0. The molecule has 0 aromatic heterocycles. The molecule has 0 spiro atoms. The lowest BCUT2D eigenvalue weighted by molar-refractivity contribution is -0.224. The zero-order valence-corrected chi connectivity index (χ0v) is 15.2. The van der Waals surface area contributed by atoms with E-state index in [9.17, 15) is 22.0 Å². The summed E-state index contributed by atoms with van der Waals surface area (Å²) in [7, 11) is 0. The van der Waals surface area contributed by atoms with Crippen LogP contribution >= 0.6 is 0 Å². The molecule has 0 amide bonds. The molecule has 154 valence electrons. The van der Waals surface area contributed by atoms with E-state index >= 15 is 0 Å². The SMILES string of the molecule is C=CC1CCC(C2CCC(C(F)(F)Oc3cc(F)c(F)c(F)c3)CC2)CC1.[HH].[HH]. The Balaban J connectivity index is 0.00000210. The summed E-state index contributed by atoms with van der Waals surface area (Å²) >= 11 is 0. The van der Waals surface area contributed by atoms with E-state index in [4.69, 9.17) is 0 Å². The summed E-state index contributed by atoms with van der Waals surface area (Å²) in [6.45, 7) is 3.84. The van der Waals surface area contributed by atoms with Gasteiger partial charge in [-0.05, 0) is 69.1 Å². The van der Waals surface area contributed by atoms with E-state index in [1.807, 2.05) is 6.08 Å². The van der Waals surface area contributed by atoms with E-state index in [1.54, 1.807) is 0 Å². The van der Waals surface area contributed by atoms with Gasteiger partial charge in [0.05, 0.1) is 5.92 Å². The maximum atomic E-state index is 14.5. The molecule has 3 rings (SSSR count). The van der Waals surface area contributed by atoms with E-state index in [0.717, 1.165) is 25.7 Å². The second kappa shape index (κ2) is 8.19. The Morgan fingerprint density at radius 1 is 0.889 bits per heavy atom. The monoisotopic (exact) mass is 392 g/mol. The van der Waals surface area contributed by atoms with Gasteiger partial charge in [0.25, 0.3) is 0 Å². The van der Waals surface area contributed by atoms with Crippen molar-refractivity contribution in [3.63, 3.8) is 0 Å². The fourth-order valence-corrected chi connectivity index (χ4v) is 4.61. The third kappa shape index (κ3) is 4.64. The van der Waals surface area contributed by atoms with Crippen LogP contribution in [-0.2, 0) is 0 Å². The molecular formula is C21H29F5O. The van der Waals surface area contributed by atoms with Crippen LogP contribution in [-0.4, -0.2) is 6.11 Å². The van der Waals surface area contributed by atoms with Crippen molar-refractivity contribution in [2.75, 3.05) is 0 Å². The average molecular weight is 392 g/mol. The predicted octanol–water partition coefficient (Wildman–Crippen LogP) is 7.37. The predicted molar refractivity (Wildman–Crippen MR) is 97.2 cm³/mol. The molecule has 0 N–H and O–H groups in total. The summed E-state index contributed by atoms with van der Waals surface area (Å²) in [6, 6.07) is 0.909. The first-order valence-electron chi connectivity index (χ1n) is 9.64. The molecule has 1 nitrogen and oxygen atoms in total. The van der Waals surface area contributed by atoms with Crippen molar-refractivity contribution < 1.29 is 29.5 Å². The molecule has 6 heteroatoms. The van der Waals surface area contributed by atoms with Gasteiger partial charge in [-0.1, -0.05) is 6.08 Å². The lowest BCUT2D eigenvalue weighted by Gasteiger charge is -2.38. The Kier molecular flexibility index (Phi) is 6.11. The van der Waals surface area contributed by atoms with Crippen LogP contribution < -0.4 is 4.74 Å². The highest BCUT2D eigenvalue weighted by Gasteiger charge is 2.45. The van der Waals surface area contributed by atoms with Crippen molar-refractivity contribution in [3.05, 3.63) is 42.2 Å². The van der Waals surface area contributed by atoms with Crippen molar-refractivity contribution in [1.29, 1.82) is 0 Å². The van der Waals surface area contributed by atoms with Crippen molar-refractivity contribution in [2.45, 2.75) is 57.5 Å². The van der Waals surface area contributed by atoms with Gasteiger partial charge in [0, 0.05) is 15.0 Å². The maximum absolute atomic E-state index is 14.5. The van der Waals surface area contributed by atoms with Crippen molar-refractivity contribution >= 4 is 0 Å². The molecule has 27 heavy (non-hydrogen) atoms. The maximum Gasteiger partial charge on any atom is 0.400 e. The molecule has 1 aromatic carbocycles. The minimum Gasteiger partial charge on any atom is -0.432 e. The molecule has 0 unspecified atom stereocenters. The molecule has 0 aliphatic heterocycles. The zero-order chi connectivity index (χ0) is 19.6. The lowest BCUT2D eigenvalue weighted by atomic mass is 9.69. The van der Waals surface area contributed by atoms with E-state index in [0.29, 0.717) is 55.6 Å². The molecule has 0 bridgehead atoms. The standard InChI is InChI=1S/C21H25F5O.2H2/c1-2-13-3-5-14(6-4-13)15-7-9-16(10-8-15)21(25,26)27-17-11-18(22)20(24)19(23)12-17;;/h2,11-16H,1,3-10H2;2*1H. The van der Waals surface area contributed by atoms with Crippen LogP contribution in [0.25, 0.3) is 0 Å². The van der Waals surface area contributed by atoms with Crippen LogP contribution in [0, 0.1) is 41.1 Å². The summed E-state index contributed by atoms with van der Waals surface area (Å²) < 4.78 is 72.9. The summed E-state index contributed by atoms with van der Waals surface area (Å²) in [6.07, 6.45) is 4.98. The Bertz CT molecular complexity index is 646.